The summed E-state index contributed by atoms with van der Waals surface area (Å²) in [6.45, 7) is 6.12. The van der Waals surface area contributed by atoms with Crippen LogP contribution in [0, 0.1) is 0 Å². The molecule has 4 aromatic rings. The van der Waals surface area contributed by atoms with Crippen LogP contribution in [0.15, 0.2) is 54.9 Å². The number of aromatic amines is 1. The summed E-state index contributed by atoms with van der Waals surface area (Å²) in [6, 6.07) is 14.6. The normalized spacial score (nSPS) is 14.2. The number of hydrogen-bond acceptors (Lipinski definition) is 8. The van der Waals surface area contributed by atoms with Gasteiger partial charge in [0, 0.05) is 75.4 Å². The maximum absolute atomic E-state index is 6.73. The Bertz CT molecular complexity index is 1450. The van der Waals surface area contributed by atoms with E-state index in [4.69, 9.17) is 37.6 Å². The zero-order valence-electron chi connectivity index (χ0n) is 25.1. The molecule has 0 amide bonds. The fraction of sp³-hybridized carbons (Fsp3) is 0.438. The van der Waals surface area contributed by atoms with Crippen LogP contribution in [0.1, 0.15) is 35.6 Å². The van der Waals surface area contributed by atoms with Crippen LogP contribution in [0.2, 0.25) is 5.02 Å². The second-order valence-electron chi connectivity index (χ2n) is 11.3. The number of aromatic nitrogens is 4. The molecule has 0 spiro atoms. The molecule has 0 saturated carbocycles. The van der Waals surface area contributed by atoms with E-state index in [0.29, 0.717) is 36.3 Å². The summed E-state index contributed by atoms with van der Waals surface area (Å²) >= 11 is 6.73. The van der Waals surface area contributed by atoms with Gasteiger partial charge in [-0.05, 0) is 62.2 Å². The van der Waals surface area contributed by atoms with Crippen LogP contribution in [0.5, 0.6) is 5.75 Å². The molecule has 1 aliphatic heterocycles. The number of rotatable bonds is 14. The van der Waals surface area contributed by atoms with E-state index in [1.165, 1.54) is 5.56 Å². The molecule has 0 radical (unpaired) electrons. The van der Waals surface area contributed by atoms with E-state index >= 15 is 0 Å². The molecule has 5 rings (SSSR count). The maximum atomic E-state index is 6.73. The van der Waals surface area contributed by atoms with E-state index in [1.54, 1.807) is 0 Å². The molecule has 0 atom stereocenters. The zero-order chi connectivity index (χ0) is 30.2. The lowest BCUT2D eigenvalue weighted by molar-refractivity contribution is 0.0853. The van der Waals surface area contributed by atoms with Crippen molar-refractivity contribution in [3.05, 3.63) is 76.7 Å². The van der Waals surface area contributed by atoms with Gasteiger partial charge >= 0.3 is 0 Å². The molecule has 1 aliphatic rings. The van der Waals surface area contributed by atoms with Crippen LogP contribution >= 0.6 is 11.6 Å². The van der Waals surface area contributed by atoms with E-state index in [-0.39, 0.29) is 6.73 Å². The van der Waals surface area contributed by atoms with E-state index < -0.39 is 0 Å². The third-order valence-electron chi connectivity index (χ3n) is 7.93. The first kappa shape index (κ1) is 31.2. The summed E-state index contributed by atoms with van der Waals surface area (Å²) in [5, 5.41) is 12.8. The Morgan fingerprint density at radius 1 is 1.00 bits per heavy atom. The van der Waals surface area contributed by atoms with Gasteiger partial charge in [0.15, 0.2) is 6.73 Å². The Morgan fingerprint density at radius 2 is 1.72 bits per heavy atom. The molecule has 10 nitrogen and oxygen atoms in total. The molecule has 230 valence electrons. The van der Waals surface area contributed by atoms with Crippen molar-refractivity contribution in [3.63, 3.8) is 0 Å². The van der Waals surface area contributed by atoms with Gasteiger partial charge in [0.1, 0.15) is 5.75 Å². The molecule has 0 bridgehead atoms. The zero-order valence-corrected chi connectivity index (χ0v) is 25.9. The molecular formula is C32H43ClN8O2. The molecular weight excluding hydrogens is 564 g/mol. The molecule has 11 heteroatoms. The number of likely N-dealkylation sites (N-methyl/N-ethyl adjacent to an activating group) is 2. The van der Waals surface area contributed by atoms with Crippen molar-refractivity contribution in [2.45, 2.75) is 38.6 Å². The Labute approximate surface area is 258 Å². The summed E-state index contributed by atoms with van der Waals surface area (Å²) in [5.74, 6) is 1.22. The quantitative estimate of drug-likeness (QED) is 0.194. The fourth-order valence-corrected chi connectivity index (χ4v) is 5.85. The minimum atomic E-state index is 0.253. The van der Waals surface area contributed by atoms with Crippen molar-refractivity contribution in [1.29, 1.82) is 0 Å². The third kappa shape index (κ3) is 8.03. The van der Waals surface area contributed by atoms with Crippen LogP contribution in [0.4, 0.5) is 0 Å². The topological polar surface area (TPSA) is 123 Å². The van der Waals surface area contributed by atoms with Gasteiger partial charge in [-0.3, -0.25) is 10.00 Å². The van der Waals surface area contributed by atoms with Crippen molar-refractivity contribution in [1.82, 2.24) is 29.8 Å². The molecule has 0 unspecified atom stereocenters. The summed E-state index contributed by atoms with van der Waals surface area (Å²) < 4.78 is 13.5. The maximum Gasteiger partial charge on any atom is 0.180 e. The number of halogens is 1. The Balaban J connectivity index is 1.31. The predicted molar refractivity (Wildman–Crippen MR) is 171 cm³/mol. The molecule has 3 heterocycles. The summed E-state index contributed by atoms with van der Waals surface area (Å²) in [6.07, 6.45) is 6.03. The van der Waals surface area contributed by atoms with Crippen LogP contribution in [-0.2, 0) is 24.6 Å². The highest BCUT2D eigenvalue weighted by Gasteiger charge is 2.18. The lowest BCUT2D eigenvalue weighted by Gasteiger charge is -2.22. The first-order valence-electron chi connectivity index (χ1n) is 14.9. The van der Waals surface area contributed by atoms with Crippen molar-refractivity contribution in [2.24, 2.45) is 11.5 Å². The minimum absolute atomic E-state index is 0.253. The van der Waals surface area contributed by atoms with Crippen LogP contribution in [-0.4, -0.2) is 83.3 Å². The second-order valence-corrected chi connectivity index (χ2v) is 11.7. The van der Waals surface area contributed by atoms with Crippen LogP contribution in [0.25, 0.3) is 22.4 Å². The van der Waals surface area contributed by atoms with Crippen LogP contribution in [0.3, 0.4) is 0 Å². The summed E-state index contributed by atoms with van der Waals surface area (Å²) in [4.78, 5) is 4.34. The highest BCUT2D eigenvalue weighted by Crippen LogP contribution is 2.33. The monoisotopic (exact) mass is 606 g/mol. The number of ether oxygens (including phenoxy) is 2. The Kier molecular flexibility index (Phi) is 10.9. The number of nitrogens with zero attached hydrogens (tertiary/aromatic N) is 5. The number of H-pyrrole nitrogens is 1. The lowest BCUT2D eigenvalue weighted by atomic mass is 9.90. The first-order chi connectivity index (χ1) is 20.9. The smallest absolute Gasteiger partial charge is 0.180 e. The second kappa shape index (κ2) is 15.0. The molecule has 1 saturated heterocycles. The highest BCUT2D eigenvalue weighted by molar-refractivity contribution is 6.33. The van der Waals surface area contributed by atoms with Crippen molar-refractivity contribution in [3.8, 4) is 28.1 Å². The van der Waals surface area contributed by atoms with Crippen molar-refractivity contribution < 1.29 is 9.47 Å². The fourth-order valence-electron chi connectivity index (χ4n) is 5.59. The van der Waals surface area contributed by atoms with Gasteiger partial charge in [-0.1, -0.05) is 35.9 Å². The molecule has 2 aromatic heterocycles. The number of nitrogens with one attached hydrogen (secondary N) is 1. The Hall–Kier alpha value is -3.25. The van der Waals surface area contributed by atoms with Gasteiger partial charge in [0.2, 0.25) is 0 Å². The molecule has 0 aliphatic carbocycles. The highest BCUT2D eigenvalue weighted by atomic mass is 35.5. The van der Waals surface area contributed by atoms with Gasteiger partial charge in [-0.15, -0.1) is 0 Å². The summed E-state index contributed by atoms with van der Waals surface area (Å²) in [5.41, 5.74) is 18.9. The van der Waals surface area contributed by atoms with Gasteiger partial charge < -0.3 is 25.8 Å². The van der Waals surface area contributed by atoms with Crippen LogP contribution < -0.4 is 16.2 Å². The number of hydrogen-bond donors (Lipinski definition) is 3. The van der Waals surface area contributed by atoms with E-state index in [2.05, 4.69) is 57.5 Å². The van der Waals surface area contributed by atoms with Gasteiger partial charge in [0.25, 0.3) is 0 Å². The predicted octanol–water partition coefficient (Wildman–Crippen LogP) is 4.31. The third-order valence-corrected chi connectivity index (χ3v) is 8.24. The molecule has 43 heavy (non-hydrogen) atoms. The number of benzene rings is 2. The number of nitrogens with two attached hydrogens (primary N) is 2. The lowest BCUT2D eigenvalue weighted by Crippen LogP contribution is -2.25. The standard InChI is InChI=1S/C32H43ClN8O2/c1-39(13-11-34)19-26-18-36-37-32(26)28-8-7-27(17-30(28)33)43-22-41-20-29(31(38-41)21-40(2)14-12-35)25-5-3-23(4-6-25)24-9-15-42-16-10-24/h3-8,17-18,20,24H,9-16,19,21-22,34-35H2,1-2H3,(H,36,37). The largest absolute Gasteiger partial charge is 0.471 e. The molecule has 1 fully saturated rings. The average molecular weight is 607 g/mol. The first-order valence-corrected chi connectivity index (χ1v) is 15.3. The van der Waals surface area contributed by atoms with Crippen molar-refractivity contribution in [2.75, 3.05) is 53.5 Å². The SMILES string of the molecule is CN(CCN)Cc1cn[nH]c1-c1ccc(OCn2cc(-c3ccc(C4CCOCC4)cc3)c(CN(C)CCN)n2)cc1Cl. The summed E-state index contributed by atoms with van der Waals surface area (Å²) in [7, 11) is 4.10. The van der Waals surface area contributed by atoms with Crippen molar-refractivity contribution >= 4 is 11.6 Å². The van der Waals surface area contributed by atoms with Gasteiger partial charge in [0.05, 0.1) is 22.6 Å². The minimum Gasteiger partial charge on any atom is -0.471 e. The van der Waals surface area contributed by atoms with E-state index in [9.17, 15) is 0 Å². The average Bonchev–Trinajstić information content (AvgIpc) is 3.63. The van der Waals surface area contributed by atoms with Gasteiger partial charge in [-0.2, -0.15) is 10.2 Å². The van der Waals surface area contributed by atoms with E-state index in [0.717, 1.165) is 79.3 Å². The molecule has 5 N–H and O–H groups in total. The van der Waals surface area contributed by atoms with Gasteiger partial charge in [-0.25, -0.2) is 4.68 Å². The molecule has 2 aromatic carbocycles. The van der Waals surface area contributed by atoms with E-state index in [1.807, 2.05) is 36.1 Å². The Morgan fingerprint density at radius 3 is 2.42 bits per heavy atom.